The highest BCUT2D eigenvalue weighted by Gasteiger charge is 2.11. The minimum atomic E-state index is -1.38. The minimum absolute atomic E-state index is 0.537. The van der Waals surface area contributed by atoms with Crippen LogP contribution < -0.4 is 4.98 Å². The molecule has 0 unspecified atom stereocenters. The highest BCUT2D eigenvalue weighted by atomic mass is 28.3. The largest absolute Gasteiger partial charge is 0.314 e. The lowest BCUT2D eigenvalue weighted by atomic mass is 9.96. The Labute approximate surface area is 58.1 Å². The zero-order valence-electron chi connectivity index (χ0n) is 5.70. The van der Waals surface area contributed by atoms with Gasteiger partial charge in [0.2, 0.25) is 0 Å². The van der Waals surface area contributed by atoms with Crippen LogP contribution in [0.2, 0.25) is 0 Å². The summed E-state index contributed by atoms with van der Waals surface area (Å²) >= 11 is 0. The third-order valence-electron chi connectivity index (χ3n) is 1.97. The molecule has 1 N–H and O–H groups in total. The van der Waals surface area contributed by atoms with Crippen LogP contribution in [0.25, 0.3) is 0 Å². The van der Waals surface area contributed by atoms with Gasteiger partial charge in [0.1, 0.15) is 0 Å². The molecule has 54 valence electrons. The standard InChI is InChI=1S/C6H14FNSi/c7-9-8-6-4-2-1-3-5-6/h6,8H,1-5,9H2. The van der Waals surface area contributed by atoms with Crippen LogP contribution in [-0.2, 0) is 0 Å². The van der Waals surface area contributed by atoms with Crippen LogP contribution in [0.5, 0.6) is 0 Å². The van der Waals surface area contributed by atoms with Gasteiger partial charge in [0, 0.05) is 6.04 Å². The third-order valence-corrected chi connectivity index (χ3v) is 2.70. The second kappa shape index (κ2) is 4.01. The zero-order chi connectivity index (χ0) is 6.53. The van der Waals surface area contributed by atoms with Crippen molar-refractivity contribution >= 4 is 10.0 Å². The van der Waals surface area contributed by atoms with Gasteiger partial charge in [-0.15, -0.1) is 0 Å². The van der Waals surface area contributed by atoms with Gasteiger partial charge in [-0.3, -0.25) is 0 Å². The summed E-state index contributed by atoms with van der Waals surface area (Å²) in [6.45, 7) is 0. The van der Waals surface area contributed by atoms with Gasteiger partial charge in [0.05, 0.1) is 0 Å². The van der Waals surface area contributed by atoms with E-state index in [-0.39, 0.29) is 0 Å². The van der Waals surface area contributed by atoms with Gasteiger partial charge in [0.15, 0.2) is 0 Å². The number of hydrogen-bond acceptors (Lipinski definition) is 1. The number of nitrogens with one attached hydrogen (secondary N) is 1. The third kappa shape index (κ3) is 2.45. The quantitative estimate of drug-likeness (QED) is 0.451. The molecule has 1 fully saturated rings. The summed E-state index contributed by atoms with van der Waals surface area (Å²) in [6.07, 6.45) is 6.36. The molecule has 0 aliphatic heterocycles. The van der Waals surface area contributed by atoms with Gasteiger partial charge in [0.25, 0.3) is 10.0 Å². The van der Waals surface area contributed by atoms with Crippen LogP contribution in [0.15, 0.2) is 0 Å². The maximum absolute atomic E-state index is 11.8. The smallest absolute Gasteiger partial charge is 0.289 e. The average Bonchev–Trinajstić information content (AvgIpc) is 1.91. The molecule has 1 aliphatic carbocycles. The molecule has 9 heavy (non-hydrogen) atoms. The second-order valence-electron chi connectivity index (χ2n) is 2.67. The van der Waals surface area contributed by atoms with Crippen molar-refractivity contribution in [3.05, 3.63) is 0 Å². The Morgan fingerprint density at radius 1 is 1.22 bits per heavy atom. The number of rotatable bonds is 2. The summed E-state index contributed by atoms with van der Waals surface area (Å²) in [6, 6.07) is 0.537. The molecule has 1 aliphatic rings. The molecule has 0 amide bonds. The number of halogens is 1. The van der Waals surface area contributed by atoms with E-state index < -0.39 is 10.0 Å². The van der Waals surface area contributed by atoms with E-state index in [2.05, 4.69) is 4.98 Å². The summed E-state index contributed by atoms with van der Waals surface area (Å²) in [7, 11) is -1.38. The van der Waals surface area contributed by atoms with Crippen LogP contribution in [0.3, 0.4) is 0 Å². The molecule has 1 rings (SSSR count). The molecule has 1 saturated carbocycles. The lowest BCUT2D eigenvalue weighted by molar-refractivity contribution is 0.413. The topological polar surface area (TPSA) is 12.0 Å². The van der Waals surface area contributed by atoms with Crippen molar-refractivity contribution in [2.45, 2.75) is 38.1 Å². The van der Waals surface area contributed by atoms with E-state index >= 15 is 0 Å². The first-order chi connectivity index (χ1) is 4.43. The first-order valence-electron chi connectivity index (χ1n) is 3.73. The van der Waals surface area contributed by atoms with Gasteiger partial charge < -0.3 is 9.09 Å². The van der Waals surface area contributed by atoms with Crippen molar-refractivity contribution in [1.29, 1.82) is 0 Å². The fourth-order valence-electron chi connectivity index (χ4n) is 1.42. The molecule has 0 heterocycles. The van der Waals surface area contributed by atoms with E-state index in [1.165, 1.54) is 32.1 Å². The minimum Gasteiger partial charge on any atom is -0.314 e. The fourth-order valence-corrected chi connectivity index (χ4v) is 2.04. The Balaban J connectivity index is 2.08. The van der Waals surface area contributed by atoms with Gasteiger partial charge >= 0.3 is 0 Å². The van der Waals surface area contributed by atoms with Gasteiger partial charge in [-0.05, 0) is 12.8 Å². The normalized spacial score (nSPS) is 23.7. The van der Waals surface area contributed by atoms with Crippen molar-refractivity contribution < 1.29 is 4.11 Å². The van der Waals surface area contributed by atoms with Crippen molar-refractivity contribution in [3.63, 3.8) is 0 Å². The maximum atomic E-state index is 11.8. The Kier molecular flexibility index (Phi) is 3.21. The molecular weight excluding hydrogens is 133 g/mol. The summed E-state index contributed by atoms with van der Waals surface area (Å²) in [5.41, 5.74) is 0. The lowest BCUT2D eigenvalue weighted by Crippen LogP contribution is -2.31. The number of hydrogen-bond donors (Lipinski definition) is 1. The van der Waals surface area contributed by atoms with E-state index in [0.717, 1.165) is 0 Å². The second-order valence-corrected chi connectivity index (χ2v) is 3.35. The molecule has 0 aromatic heterocycles. The van der Waals surface area contributed by atoms with Gasteiger partial charge in [-0.25, -0.2) is 0 Å². The molecule has 0 saturated heterocycles. The molecule has 0 aromatic carbocycles. The zero-order valence-corrected chi connectivity index (χ0v) is 7.11. The first-order valence-corrected chi connectivity index (χ1v) is 4.97. The van der Waals surface area contributed by atoms with E-state index in [1.54, 1.807) is 0 Å². The first kappa shape index (κ1) is 7.22. The Bertz CT molecular complexity index is 70.7. The van der Waals surface area contributed by atoms with Crippen molar-refractivity contribution in [2.75, 3.05) is 0 Å². The van der Waals surface area contributed by atoms with E-state index in [1.807, 2.05) is 0 Å². The lowest BCUT2D eigenvalue weighted by Gasteiger charge is -2.20. The Morgan fingerprint density at radius 3 is 2.44 bits per heavy atom. The van der Waals surface area contributed by atoms with Gasteiger partial charge in [-0.2, -0.15) is 0 Å². The molecule has 0 radical (unpaired) electrons. The average molecular weight is 147 g/mol. The maximum Gasteiger partial charge on any atom is 0.289 e. The van der Waals surface area contributed by atoms with Gasteiger partial charge in [-0.1, -0.05) is 19.3 Å². The van der Waals surface area contributed by atoms with Crippen LogP contribution in [0.1, 0.15) is 32.1 Å². The van der Waals surface area contributed by atoms with Crippen LogP contribution in [0, 0.1) is 0 Å². The highest BCUT2D eigenvalue weighted by molar-refractivity contribution is 6.22. The van der Waals surface area contributed by atoms with Crippen molar-refractivity contribution in [2.24, 2.45) is 0 Å². The Hall–Kier alpha value is 0.107. The predicted molar refractivity (Wildman–Crippen MR) is 39.7 cm³/mol. The molecule has 3 heteroatoms. The summed E-state index contributed by atoms with van der Waals surface area (Å²) in [5, 5.41) is 0. The molecule has 0 spiro atoms. The molecule has 0 atom stereocenters. The Morgan fingerprint density at radius 2 is 1.89 bits per heavy atom. The van der Waals surface area contributed by atoms with Crippen molar-refractivity contribution in [1.82, 2.24) is 4.98 Å². The van der Waals surface area contributed by atoms with Crippen LogP contribution in [-0.4, -0.2) is 16.1 Å². The predicted octanol–water partition coefficient (Wildman–Crippen LogP) is 0.877. The highest BCUT2D eigenvalue weighted by Crippen LogP contribution is 2.16. The fraction of sp³-hybridized carbons (Fsp3) is 1.00. The van der Waals surface area contributed by atoms with E-state index in [0.29, 0.717) is 6.04 Å². The SMILES string of the molecule is F[SiH2]NC1CCCCC1. The summed E-state index contributed by atoms with van der Waals surface area (Å²) in [5.74, 6) is 0. The molecule has 0 aromatic rings. The summed E-state index contributed by atoms with van der Waals surface area (Å²) < 4.78 is 11.8. The van der Waals surface area contributed by atoms with E-state index in [9.17, 15) is 4.11 Å². The molecule has 0 bridgehead atoms. The van der Waals surface area contributed by atoms with E-state index in [4.69, 9.17) is 0 Å². The van der Waals surface area contributed by atoms with Crippen LogP contribution >= 0.6 is 0 Å². The molecule has 1 nitrogen and oxygen atoms in total. The van der Waals surface area contributed by atoms with Crippen LogP contribution in [0.4, 0.5) is 4.11 Å². The van der Waals surface area contributed by atoms with Crippen molar-refractivity contribution in [3.8, 4) is 0 Å². The molecular formula is C6H14FNSi. The summed E-state index contributed by atoms with van der Waals surface area (Å²) in [4.78, 5) is 2.96. The monoisotopic (exact) mass is 147 g/mol.